The van der Waals surface area contributed by atoms with Crippen molar-refractivity contribution in [3.8, 4) is 0 Å². The highest BCUT2D eigenvalue weighted by molar-refractivity contribution is 7.99. The summed E-state index contributed by atoms with van der Waals surface area (Å²) in [6, 6.07) is 2.41. The van der Waals surface area contributed by atoms with Crippen molar-refractivity contribution < 1.29 is 0 Å². The molecule has 0 aliphatic carbocycles. The third-order valence-electron chi connectivity index (χ3n) is 2.64. The molecule has 0 aromatic carbocycles. The van der Waals surface area contributed by atoms with Crippen molar-refractivity contribution in [1.82, 2.24) is 9.78 Å². The Bertz CT molecular complexity index is 333. The molecule has 0 saturated carbocycles. The molecule has 98 valence electrons. The van der Waals surface area contributed by atoms with Gasteiger partial charge >= 0.3 is 0 Å². The second-order valence-corrected chi connectivity index (χ2v) is 6.07. The van der Waals surface area contributed by atoms with Gasteiger partial charge in [-0.1, -0.05) is 20.8 Å². The first-order valence-electron chi connectivity index (χ1n) is 6.38. The van der Waals surface area contributed by atoms with Crippen LogP contribution in [0.5, 0.6) is 0 Å². The standard InChI is InChI=1S/C13H25N3S/c1-5-12-7-13(16(4)15-12)6-11(14)9-17-8-10(2)3/h7,10-11H,5-6,8-9,14H2,1-4H3. The molecule has 2 N–H and O–H groups in total. The predicted molar refractivity (Wildman–Crippen MR) is 76.4 cm³/mol. The van der Waals surface area contributed by atoms with Crippen LogP contribution < -0.4 is 5.73 Å². The Hall–Kier alpha value is -0.480. The zero-order valence-electron chi connectivity index (χ0n) is 11.4. The molecular weight excluding hydrogens is 230 g/mol. The number of nitrogens with zero attached hydrogens (tertiary/aromatic N) is 2. The second-order valence-electron chi connectivity index (χ2n) is 5.00. The van der Waals surface area contributed by atoms with Crippen LogP contribution in [0.25, 0.3) is 0 Å². The summed E-state index contributed by atoms with van der Waals surface area (Å²) in [4.78, 5) is 0. The fourth-order valence-corrected chi connectivity index (χ4v) is 2.75. The van der Waals surface area contributed by atoms with E-state index in [4.69, 9.17) is 5.73 Å². The van der Waals surface area contributed by atoms with Gasteiger partial charge in [0.25, 0.3) is 0 Å². The summed E-state index contributed by atoms with van der Waals surface area (Å²) in [5.74, 6) is 2.97. The molecule has 0 bridgehead atoms. The van der Waals surface area contributed by atoms with Crippen LogP contribution in [0.2, 0.25) is 0 Å². The fraction of sp³-hybridized carbons (Fsp3) is 0.769. The molecule has 0 spiro atoms. The molecule has 0 radical (unpaired) electrons. The number of hydrogen-bond acceptors (Lipinski definition) is 3. The van der Waals surface area contributed by atoms with E-state index >= 15 is 0 Å². The highest BCUT2D eigenvalue weighted by Gasteiger charge is 2.09. The first-order chi connectivity index (χ1) is 8.02. The summed E-state index contributed by atoms with van der Waals surface area (Å²) in [7, 11) is 2.00. The normalized spacial score (nSPS) is 13.3. The summed E-state index contributed by atoms with van der Waals surface area (Å²) in [6.45, 7) is 6.62. The van der Waals surface area contributed by atoms with Crippen molar-refractivity contribution in [1.29, 1.82) is 0 Å². The molecule has 1 unspecified atom stereocenters. The summed E-state index contributed by atoms with van der Waals surface area (Å²) in [5.41, 5.74) is 8.56. The van der Waals surface area contributed by atoms with E-state index in [1.165, 1.54) is 11.4 Å². The van der Waals surface area contributed by atoms with Gasteiger partial charge in [-0.25, -0.2) is 0 Å². The Morgan fingerprint density at radius 3 is 2.65 bits per heavy atom. The van der Waals surface area contributed by atoms with Crippen molar-refractivity contribution in [2.75, 3.05) is 11.5 Å². The van der Waals surface area contributed by atoms with Crippen molar-refractivity contribution in [2.45, 2.75) is 39.7 Å². The maximum atomic E-state index is 6.15. The van der Waals surface area contributed by atoms with Gasteiger partial charge in [-0.3, -0.25) is 4.68 Å². The second kappa shape index (κ2) is 7.07. The van der Waals surface area contributed by atoms with Gasteiger partial charge in [0.15, 0.2) is 0 Å². The number of rotatable bonds is 7. The Balaban J connectivity index is 2.39. The molecule has 0 aliphatic heterocycles. The number of hydrogen-bond donors (Lipinski definition) is 1. The molecule has 0 fully saturated rings. The smallest absolute Gasteiger partial charge is 0.0624 e. The molecule has 1 aromatic heterocycles. The molecule has 1 rings (SSSR count). The van der Waals surface area contributed by atoms with E-state index < -0.39 is 0 Å². The molecule has 1 aromatic rings. The van der Waals surface area contributed by atoms with Crippen LogP contribution in [0, 0.1) is 5.92 Å². The summed E-state index contributed by atoms with van der Waals surface area (Å²) < 4.78 is 1.96. The van der Waals surface area contributed by atoms with Crippen molar-refractivity contribution in [3.05, 3.63) is 17.5 Å². The summed E-state index contributed by atoms with van der Waals surface area (Å²) in [6.07, 6.45) is 1.92. The van der Waals surface area contributed by atoms with Gasteiger partial charge in [0.2, 0.25) is 0 Å². The Morgan fingerprint density at radius 1 is 1.41 bits per heavy atom. The maximum absolute atomic E-state index is 6.15. The molecular formula is C13H25N3S. The van der Waals surface area contributed by atoms with Crippen LogP contribution in [-0.4, -0.2) is 27.3 Å². The van der Waals surface area contributed by atoms with Crippen molar-refractivity contribution >= 4 is 11.8 Å². The number of thioether (sulfide) groups is 1. The zero-order chi connectivity index (χ0) is 12.8. The molecule has 4 heteroatoms. The topological polar surface area (TPSA) is 43.8 Å². The minimum atomic E-state index is 0.235. The molecule has 17 heavy (non-hydrogen) atoms. The van der Waals surface area contributed by atoms with Crippen LogP contribution in [0.3, 0.4) is 0 Å². The Morgan fingerprint density at radius 2 is 2.12 bits per heavy atom. The van der Waals surface area contributed by atoms with E-state index in [1.54, 1.807) is 0 Å². The molecule has 1 heterocycles. The Kier molecular flexibility index (Phi) is 6.06. The van der Waals surface area contributed by atoms with Gasteiger partial charge in [0, 0.05) is 31.0 Å². The predicted octanol–water partition coefficient (Wildman–Crippen LogP) is 2.24. The van der Waals surface area contributed by atoms with Gasteiger partial charge in [-0.2, -0.15) is 16.9 Å². The van der Waals surface area contributed by atoms with Gasteiger partial charge in [-0.15, -0.1) is 0 Å². The minimum absolute atomic E-state index is 0.235. The average molecular weight is 255 g/mol. The van der Waals surface area contributed by atoms with E-state index in [1.807, 2.05) is 23.5 Å². The van der Waals surface area contributed by atoms with Crippen LogP contribution in [0.4, 0.5) is 0 Å². The molecule has 1 atom stereocenters. The van der Waals surface area contributed by atoms with E-state index in [9.17, 15) is 0 Å². The zero-order valence-corrected chi connectivity index (χ0v) is 12.3. The van der Waals surface area contributed by atoms with Crippen LogP contribution in [0.15, 0.2) is 6.07 Å². The number of aryl methyl sites for hydroxylation is 2. The van der Waals surface area contributed by atoms with Gasteiger partial charge in [0.1, 0.15) is 0 Å². The van der Waals surface area contributed by atoms with Crippen LogP contribution in [-0.2, 0) is 19.9 Å². The molecule has 0 saturated heterocycles. The van der Waals surface area contributed by atoms with Crippen molar-refractivity contribution in [2.24, 2.45) is 18.7 Å². The molecule has 3 nitrogen and oxygen atoms in total. The van der Waals surface area contributed by atoms with Gasteiger partial charge in [0.05, 0.1) is 5.69 Å². The lowest BCUT2D eigenvalue weighted by molar-refractivity contribution is 0.649. The third-order valence-corrected chi connectivity index (χ3v) is 4.21. The quantitative estimate of drug-likeness (QED) is 0.812. The largest absolute Gasteiger partial charge is 0.327 e. The molecule has 0 aliphatic rings. The van der Waals surface area contributed by atoms with E-state index in [0.29, 0.717) is 0 Å². The van der Waals surface area contributed by atoms with Crippen LogP contribution in [0.1, 0.15) is 32.2 Å². The van der Waals surface area contributed by atoms with Crippen molar-refractivity contribution in [3.63, 3.8) is 0 Å². The number of nitrogens with two attached hydrogens (primary N) is 1. The maximum Gasteiger partial charge on any atom is 0.0624 e. The highest BCUT2D eigenvalue weighted by atomic mass is 32.2. The van der Waals surface area contributed by atoms with Gasteiger partial charge < -0.3 is 5.73 Å². The number of aromatic nitrogens is 2. The highest BCUT2D eigenvalue weighted by Crippen LogP contribution is 2.12. The SMILES string of the molecule is CCc1cc(CC(N)CSCC(C)C)n(C)n1. The third kappa shape index (κ3) is 5.13. The fourth-order valence-electron chi connectivity index (χ4n) is 1.72. The van der Waals surface area contributed by atoms with Gasteiger partial charge in [-0.05, 0) is 24.2 Å². The lowest BCUT2D eigenvalue weighted by Crippen LogP contribution is -2.27. The average Bonchev–Trinajstić information content (AvgIpc) is 2.59. The van der Waals surface area contributed by atoms with E-state index in [0.717, 1.165) is 30.2 Å². The first kappa shape index (κ1) is 14.6. The summed E-state index contributed by atoms with van der Waals surface area (Å²) >= 11 is 1.95. The molecule has 0 amide bonds. The monoisotopic (exact) mass is 255 g/mol. The minimum Gasteiger partial charge on any atom is -0.327 e. The lowest BCUT2D eigenvalue weighted by atomic mass is 10.2. The Labute approximate surface area is 109 Å². The van der Waals surface area contributed by atoms with Crippen LogP contribution >= 0.6 is 11.8 Å². The summed E-state index contributed by atoms with van der Waals surface area (Å²) in [5, 5.41) is 4.44. The first-order valence-corrected chi connectivity index (χ1v) is 7.53. The van der Waals surface area contributed by atoms with E-state index in [2.05, 4.69) is 31.9 Å². The van der Waals surface area contributed by atoms with E-state index in [-0.39, 0.29) is 6.04 Å². The lowest BCUT2D eigenvalue weighted by Gasteiger charge is -2.12.